The van der Waals surface area contributed by atoms with Gasteiger partial charge in [-0.2, -0.15) is 13.2 Å². The van der Waals surface area contributed by atoms with Gasteiger partial charge < -0.3 is 20.1 Å². The van der Waals surface area contributed by atoms with Crippen LogP contribution >= 0.6 is 0 Å². The van der Waals surface area contributed by atoms with Crippen molar-refractivity contribution in [2.24, 2.45) is 17.3 Å². The molecule has 1 aliphatic carbocycles. The molecule has 2 heterocycles. The van der Waals surface area contributed by atoms with Crippen LogP contribution in [0.2, 0.25) is 0 Å². The normalized spacial score (nSPS) is 27.1. The number of carbonyl (C=O) groups excluding carboxylic acids is 1. The number of aliphatic hydroxyl groups excluding tert-OH is 1. The summed E-state index contributed by atoms with van der Waals surface area (Å²) in [5.41, 5.74) is 1.06. The van der Waals surface area contributed by atoms with Gasteiger partial charge in [0.25, 0.3) is 0 Å². The van der Waals surface area contributed by atoms with Crippen LogP contribution in [0.4, 0.5) is 13.2 Å². The predicted octanol–water partition coefficient (Wildman–Crippen LogP) is 4.38. The van der Waals surface area contributed by atoms with E-state index in [0.29, 0.717) is 37.0 Å². The highest BCUT2D eigenvalue weighted by Gasteiger charge is 2.49. The van der Waals surface area contributed by atoms with Gasteiger partial charge in [-0.15, -0.1) is 0 Å². The highest BCUT2D eigenvalue weighted by atomic mass is 19.4. The summed E-state index contributed by atoms with van der Waals surface area (Å²) in [6, 6.07) is 4.91. The first-order valence-corrected chi connectivity index (χ1v) is 12.6. The topological polar surface area (TPSA) is 61.8 Å². The Balaban J connectivity index is 1.44. The van der Waals surface area contributed by atoms with E-state index in [-0.39, 0.29) is 17.4 Å². The van der Waals surface area contributed by atoms with E-state index in [1.54, 1.807) is 6.07 Å². The first-order valence-electron chi connectivity index (χ1n) is 12.6. The van der Waals surface area contributed by atoms with Crippen molar-refractivity contribution in [3.63, 3.8) is 0 Å². The van der Waals surface area contributed by atoms with Gasteiger partial charge in [0.15, 0.2) is 6.10 Å². The van der Waals surface area contributed by atoms with E-state index in [4.69, 9.17) is 4.74 Å². The molecule has 1 saturated carbocycles. The lowest BCUT2D eigenvalue weighted by Gasteiger charge is -2.40. The number of benzene rings is 1. The molecule has 0 spiro atoms. The summed E-state index contributed by atoms with van der Waals surface area (Å²) in [6.45, 7) is 7.61. The Bertz CT molecular complexity index is 869. The van der Waals surface area contributed by atoms with Crippen LogP contribution in [0.15, 0.2) is 18.2 Å². The minimum Gasteiger partial charge on any atom is -0.381 e. The molecular formula is C26H37F3N2O3. The van der Waals surface area contributed by atoms with Crippen LogP contribution < -0.4 is 5.32 Å². The molecule has 1 unspecified atom stereocenters. The van der Waals surface area contributed by atoms with Crippen LogP contribution in [0.25, 0.3) is 0 Å². The van der Waals surface area contributed by atoms with Gasteiger partial charge in [-0.25, -0.2) is 0 Å². The average molecular weight is 483 g/mol. The smallest absolute Gasteiger partial charge is 0.381 e. The lowest BCUT2D eigenvalue weighted by molar-refractivity contribution is -0.206. The molecule has 2 fully saturated rings. The zero-order valence-electron chi connectivity index (χ0n) is 20.2. The van der Waals surface area contributed by atoms with Crippen molar-refractivity contribution in [1.82, 2.24) is 10.2 Å². The second kappa shape index (κ2) is 10.2. The van der Waals surface area contributed by atoms with E-state index in [1.165, 1.54) is 12.1 Å². The van der Waals surface area contributed by atoms with Crippen molar-refractivity contribution in [2.75, 3.05) is 26.3 Å². The molecule has 1 aromatic carbocycles. The van der Waals surface area contributed by atoms with Gasteiger partial charge >= 0.3 is 6.18 Å². The highest BCUT2D eigenvalue weighted by molar-refractivity contribution is 5.83. The van der Waals surface area contributed by atoms with Gasteiger partial charge in [0.2, 0.25) is 5.91 Å². The fourth-order valence-corrected chi connectivity index (χ4v) is 5.98. The Morgan fingerprint density at radius 3 is 2.65 bits per heavy atom. The van der Waals surface area contributed by atoms with Crippen LogP contribution in [0, 0.1) is 17.3 Å². The molecule has 0 aromatic heterocycles. The molecule has 1 aromatic rings. The van der Waals surface area contributed by atoms with E-state index >= 15 is 0 Å². The molecule has 1 saturated heterocycles. The van der Waals surface area contributed by atoms with E-state index in [2.05, 4.69) is 19.2 Å². The van der Waals surface area contributed by atoms with Crippen molar-refractivity contribution in [1.29, 1.82) is 0 Å². The molecule has 190 valence electrons. The van der Waals surface area contributed by atoms with Crippen molar-refractivity contribution >= 4 is 5.91 Å². The third kappa shape index (κ3) is 5.29. The lowest BCUT2D eigenvalue weighted by Crippen LogP contribution is -2.47. The van der Waals surface area contributed by atoms with Gasteiger partial charge in [0.05, 0.1) is 5.41 Å². The summed E-state index contributed by atoms with van der Waals surface area (Å²) < 4.78 is 44.5. The molecule has 34 heavy (non-hydrogen) atoms. The summed E-state index contributed by atoms with van der Waals surface area (Å²) in [5.74, 6) is 0.760. The Kier molecular flexibility index (Phi) is 7.60. The summed E-state index contributed by atoms with van der Waals surface area (Å²) in [6.07, 6.45) is -1.85. The highest BCUT2D eigenvalue weighted by Crippen LogP contribution is 2.49. The zero-order chi connectivity index (χ0) is 24.5. The van der Waals surface area contributed by atoms with E-state index in [9.17, 15) is 23.1 Å². The largest absolute Gasteiger partial charge is 0.418 e. The summed E-state index contributed by atoms with van der Waals surface area (Å²) in [7, 11) is 0. The van der Waals surface area contributed by atoms with Crippen molar-refractivity contribution < 1.29 is 27.8 Å². The minimum atomic E-state index is -4.71. The first-order chi connectivity index (χ1) is 16.1. The number of rotatable bonds is 6. The van der Waals surface area contributed by atoms with Gasteiger partial charge in [-0.05, 0) is 73.6 Å². The number of nitrogens with one attached hydrogen (secondary N) is 1. The second-order valence-electron chi connectivity index (χ2n) is 10.7. The van der Waals surface area contributed by atoms with Gasteiger partial charge in [0, 0.05) is 32.3 Å². The maximum absolute atomic E-state index is 13.9. The Morgan fingerprint density at radius 2 is 1.97 bits per heavy atom. The summed E-state index contributed by atoms with van der Waals surface area (Å²) in [4.78, 5) is 15.7. The van der Waals surface area contributed by atoms with Crippen LogP contribution in [0.5, 0.6) is 0 Å². The number of aliphatic hydroxyl groups is 1. The Labute approximate surface area is 200 Å². The molecule has 0 radical (unpaired) electrons. The van der Waals surface area contributed by atoms with E-state index < -0.39 is 17.7 Å². The van der Waals surface area contributed by atoms with Crippen molar-refractivity contribution in [3.8, 4) is 0 Å². The number of halogens is 3. The molecule has 5 nitrogen and oxygen atoms in total. The fourth-order valence-electron chi connectivity index (χ4n) is 5.98. The quantitative estimate of drug-likeness (QED) is 0.632. The van der Waals surface area contributed by atoms with Gasteiger partial charge in [0.1, 0.15) is 0 Å². The van der Waals surface area contributed by atoms with E-state index in [1.807, 2.05) is 4.90 Å². The van der Waals surface area contributed by atoms with Crippen LogP contribution in [0.3, 0.4) is 0 Å². The standard InChI is InChI=1S/C26H37F3N2O3/c1-17(2)25(9-5-18(14-25)15-30-22-7-11-34-12-8-22)24(33)31-10-6-19-3-4-20(13-21(19)16-31)23(32)26(27,28)29/h3-4,13,17-18,22-23,30,32H,5-12,14-16H2,1-2H3/t18-,23?,25+/m1/s1. The lowest BCUT2D eigenvalue weighted by atomic mass is 9.73. The first kappa shape index (κ1) is 25.5. The monoisotopic (exact) mass is 482 g/mol. The van der Waals surface area contributed by atoms with Crippen LogP contribution in [-0.4, -0.2) is 54.4 Å². The summed E-state index contributed by atoms with van der Waals surface area (Å²) >= 11 is 0. The number of carbonyl (C=O) groups is 1. The van der Waals surface area contributed by atoms with Gasteiger partial charge in [-0.1, -0.05) is 32.0 Å². The fraction of sp³-hybridized carbons (Fsp3) is 0.731. The van der Waals surface area contributed by atoms with Crippen LogP contribution in [0.1, 0.15) is 68.7 Å². The predicted molar refractivity (Wildman–Crippen MR) is 123 cm³/mol. The van der Waals surface area contributed by atoms with E-state index in [0.717, 1.165) is 57.4 Å². The maximum Gasteiger partial charge on any atom is 0.418 e. The Hall–Kier alpha value is -1.64. The van der Waals surface area contributed by atoms with Crippen molar-refractivity contribution in [2.45, 2.75) is 77.2 Å². The zero-order valence-corrected chi connectivity index (χ0v) is 20.2. The van der Waals surface area contributed by atoms with Gasteiger partial charge in [-0.3, -0.25) is 4.79 Å². The average Bonchev–Trinajstić information content (AvgIpc) is 3.27. The molecular weight excluding hydrogens is 445 g/mol. The third-order valence-corrected chi connectivity index (χ3v) is 8.25. The summed E-state index contributed by atoms with van der Waals surface area (Å²) in [5, 5.41) is 13.4. The number of ether oxygens (including phenoxy) is 1. The molecule has 3 aliphatic rings. The third-order valence-electron chi connectivity index (χ3n) is 8.25. The minimum absolute atomic E-state index is 0.128. The number of hydrogen-bond donors (Lipinski definition) is 2. The number of alkyl halides is 3. The van der Waals surface area contributed by atoms with Crippen LogP contribution in [-0.2, 0) is 22.5 Å². The molecule has 0 bridgehead atoms. The molecule has 8 heteroatoms. The number of fused-ring (bicyclic) bond motifs is 1. The number of nitrogens with zero attached hydrogens (tertiary/aromatic N) is 1. The molecule has 2 N–H and O–H groups in total. The molecule has 3 atom stereocenters. The molecule has 4 rings (SSSR count). The SMILES string of the molecule is CC(C)[C@]1(C(=O)N2CCc3ccc(C(O)C(F)(F)F)cc3C2)CC[C@@H](CNC2CCOCC2)C1. The molecule has 1 amide bonds. The second-order valence-corrected chi connectivity index (χ2v) is 10.7. The maximum atomic E-state index is 13.9. The number of amides is 1. The Morgan fingerprint density at radius 1 is 1.24 bits per heavy atom. The van der Waals surface area contributed by atoms with Crippen molar-refractivity contribution in [3.05, 3.63) is 34.9 Å². The molecule has 2 aliphatic heterocycles. The number of hydrogen-bond acceptors (Lipinski definition) is 4.